The summed E-state index contributed by atoms with van der Waals surface area (Å²) in [5.74, 6) is 0.688. The fourth-order valence-corrected chi connectivity index (χ4v) is 2.23. The van der Waals surface area contributed by atoms with Crippen LogP contribution in [0, 0.1) is 0 Å². The third kappa shape index (κ3) is 3.24. The van der Waals surface area contributed by atoms with Crippen LogP contribution in [0.15, 0.2) is 18.2 Å². The zero-order valence-corrected chi connectivity index (χ0v) is 11.1. The topological polar surface area (TPSA) is 75.8 Å². The Hall–Kier alpha value is -1.59. The molecule has 0 aromatic heterocycles. The maximum Gasteiger partial charge on any atom is 0.241 e. The molecular weight excluding hydrogens is 244 g/mol. The summed E-state index contributed by atoms with van der Waals surface area (Å²) in [5.41, 5.74) is 7.76. The van der Waals surface area contributed by atoms with Crippen LogP contribution in [-0.2, 0) is 17.8 Å². The molecule has 0 aliphatic carbocycles. The van der Waals surface area contributed by atoms with Crippen molar-refractivity contribution >= 4 is 5.91 Å². The van der Waals surface area contributed by atoms with E-state index in [0.717, 1.165) is 30.8 Å². The van der Waals surface area contributed by atoms with E-state index < -0.39 is 6.04 Å². The van der Waals surface area contributed by atoms with Crippen molar-refractivity contribution in [3.05, 3.63) is 29.3 Å². The molecular formula is C14H20N2O3. The van der Waals surface area contributed by atoms with Gasteiger partial charge in [0.1, 0.15) is 11.8 Å². The second kappa shape index (κ2) is 6.04. The Bertz CT molecular complexity index is 462. The van der Waals surface area contributed by atoms with E-state index in [1.54, 1.807) is 7.05 Å². The molecule has 3 N–H and O–H groups in total. The van der Waals surface area contributed by atoms with Gasteiger partial charge in [-0.15, -0.1) is 0 Å². The summed E-state index contributed by atoms with van der Waals surface area (Å²) < 4.78 is 5.55. The van der Waals surface area contributed by atoms with E-state index in [9.17, 15) is 4.79 Å². The molecule has 0 fully saturated rings. The van der Waals surface area contributed by atoms with Crippen molar-refractivity contribution in [1.29, 1.82) is 0 Å². The molecule has 5 nitrogen and oxygen atoms in total. The molecule has 1 amide bonds. The molecule has 0 saturated heterocycles. The number of carbonyl (C=O) groups is 1. The van der Waals surface area contributed by atoms with Gasteiger partial charge in [-0.3, -0.25) is 4.79 Å². The van der Waals surface area contributed by atoms with E-state index in [2.05, 4.69) is 6.07 Å². The van der Waals surface area contributed by atoms with Crippen molar-refractivity contribution in [2.45, 2.75) is 25.4 Å². The minimum atomic E-state index is -0.842. The summed E-state index contributed by atoms with van der Waals surface area (Å²) in [6, 6.07) is 5.14. The highest BCUT2D eigenvalue weighted by Crippen LogP contribution is 2.25. The van der Waals surface area contributed by atoms with Crippen molar-refractivity contribution in [2.24, 2.45) is 5.73 Å². The predicted octanol–water partition coefficient (Wildman–Crippen LogP) is 0.290. The van der Waals surface area contributed by atoms with E-state index in [0.29, 0.717) is 6.54 Å². The molecule has 1 aromatic carbocycles. The molecule has 1 unspecified atom stereocenters. The lowest BCUT2D eigenvalue weighted by atomic mass is 10.0. The van der Waals surface area contributed by atoms with Gasteiger partial charge in [-0.2, -0.15) is 0 Å². The number of nitrogens with two attached hydrogens (primary N) is 1. The molecule has 1 aliphatic rings. The number of aliphatic hydroxyl groups is 1. The first-order valence-electron chi connectivity index (χ1n) is 6.48. The van der Waals surface area contributed by atoms with Gasteiger partial charge >= 0.3 is 0 Å². The monoisotopic (exact) mass is 264 g/mol. The minimum Gasteiger partial charge on any atom is -0.493 e. The summed E-state index contributed by atoms with van der Waals surface area (Å²) in [5, 5.41) is 8.89. The third-order valence-electron chi connectivity index (χ3n) is 3.28. The summed E-state index contributed by atoms with van der Waals surface area (Å²) >= 11 is 0. The molecule has 1 atom stereocenters. The zero-order valence-electron chi connectivity index (χ0n) is 11.1. The van der Waals surface area contributed by atoms with Gasteiger partial charge in [-0.05, 0) is 30.0 Å². The Morgan fingerprint density at radius 1 is 1.58 bits per heavy atom. The fourth-order valence-electron chi connectivity index (χ4n) is 2.23. The van der Waals surface area contributed by atoms with Crippen molar-refractivity contribution in [2.75, 3.05) is 20.3 Å². The number of nitrogens with zero attached hydrogens (tertiary/aromatic N) is 1. The maximum atomic E-state index is 11.8. The van der Waals surface area contributed by atoms with Crippen molar-refractivity contribution < 1.29 is 14.6 Å². The minimum absolute atomic E-state index is 0.253. The highest BCUT2D eigenvalue weighted by atomic mass is 16.5. The van der Waals surface area contributed by atoms with Gasteiger partial charge in [0.15, 0.2) is 0 Å². The van der Waals surface area contributed by atoms with Crippen molar-refractivity contribution in [3.8, 4) is 5.75 Å². The number of amides is 1. The van der Waals surface area contributed by atoms with Gasteiger partial charge < -0.3 is 20.5 Å². The van der Waals surface area contributed by atoms with Gasteiger partial charge in [-0.1, -0.05) is 12.1 Å². The Morgan fingerprint density at radius 3 is 3.11 bits per heavy atom. The lowest BCUT2D eigenvalue weighted by molar-refractivity contribution is -0.132. The second-order valence-corrected chi connectivity index (χ2v) is 4.88. The van der Waals surface area contributed by atoms with Crippen LogP contribution in [0.4, 0.5) is 0 Å². The predicted molar refractivity (Wildman–Crippen MR) is 71.8 cm³/mol. The molecule has 1 aromatic rings. The molecule has 0 spiro atoms. The average Bonchev–Trinajstić information content (AvgIpc) is 2.45. The maximum absolute atomic E-state index is 11.8. The summed E-state index contributed by atoms with van der Waals surface area (Å²) in [6.07, 6.45) is 2.04. The fraction of sp³-hybridized carbons (Fsp3) is 0.500. The number of benzene rings is 1. The van der Waals surface area contributed by atoms with Crippen LogP contribution in [0.2, 0.25) is 0 Å². The first kappa shape index (κ1) is 13.8. The van der Waals surface area contributed by atoms with E-state index in [1.807, 2.05) is 12.1 Å². The van der Waals surface area contributed by atoms with E-state index in [4.69, 9.17) is 15.6 Å². The molecule has 1 heterocycles. The van der Waals surface area contributed by atoms with Crippen molar-refractivity contribution in [3.63, 3.8) is 0 Å². The number of hydrogen-bond acceptors (Lipinski definition) is 4. The van der Waals surface area contributed by atoms with Gasteiger partial charge in [-0.25, -0.2) is 0 Å². The molecule has 0 bridgehead atoms. The molecule has 0 saturated carbocycles. The van der Waals surface area contributed by atoms with E-state index >= 15 is 0 Å². The Morgan fingerprint density at radius 2 is 2.37 bits per heavy atom. The molecule has 1 aliphatic heterocycles. The highest BCUT2D eigenvalue weighted by Gasteiger charge is 2.18. The van der Waals surface area contributed by atoms with E-state index in [1.165, 1.54) is 10.5 Å². The first-order valence-corrected chi connectivity index (χ1v) is 6.48. The smallest absolute Gasteiger partial charge is 0.241 e. The Kier molecular flexibility index (Phi) is 4.39. The number of carbonyl (C=O) groups excluding carboxylic acids is 1. The number of likely N-dealkylation sites (N-methyl/N-ethyl adjacent to an activating group) is 1. The summed E-state index contributed by atoms with van der Waals surface area (Å²) in [6.45, 7) is 0.928. The van der Waals surface area contributed by atoms with Crippen LogP contribution in [0.25, 0.3) is 0 Å². The van der Waals surface area contributed by atoms with Crippen LogP contribution >= 0.6 is 0 Å². The first-order chi connectivity index (χ1) is 9.11. The van der Waals surface area contributed by atoms with Gasteiger partial charge in [0.05, 0.1) is 13.2 Å². The lowest BCUT2D eigenvalue weighted by Gasteiger charge is -2.22. The van der Waals surface area contributed by atoms with E-state index in [-0.39, 0.29) is 12.5 Å². The summed E-state index contributed by atoms with van der Waals surface area (Å²) in [7, 11) is 1.69. The second-order valence-electron chi connectivity index (χ2n) is 4.88. The molecule has 5 heteroatoms. The van der Waals surface area contributed by atoms with Crippen LogP contribution in [0.1, 0.15) is 17.5 Å². The molecule has 19 heavy (non-hydrogen) atoms. The SMILES string of the molecule is CN(Cc1ccc2c(c1)CCCO2)C(=O)C(N)CO. The number of hydrogen-bond donors (Lipinski definition) is 2. The van der Waals surface area contributed by atoms with Crippen LogP contribution in [0.5, 0.6) is 5.75 Å². The lowest BCUT2D eigenvalue weighted by Crippen LogP contribution is -2.43. The van der Waals surface area contributed by atoms with Crippen LogP contribution < -0.4 is 10.5 Å². The number of rotatable bonds is 4. The Labute approximate surface area is 113 Å². The number of ether oxygens (including phenoxy) is 1. The molecule has 104 valence electrons. The summed E-state index contributed by atoms with van der Waals surface area (Å²) in [4.78, 5) is 13.3. The largest absolute Gasteiger partial charge is 0.493 e. The highest BCUT2D eigenvalue weighted by molar-refractivity contribution is 5.81. The van der Waals surface area contributed by atoms with Crippen molar-refractivity contribution in [1.82, 2.24) is 4.90 Å². The van der Waals surface area contributed by atoms with Crippen LogP contribution in [-0.4, -0.2) is 42.2 Å². The van der Waals surface area contributed by atoms with Crippen LogP contribution in [0.3, 0.4) is 0 Å². The van der Waals surface area contributed by atoms with Gasteiger partial charge in [0, 0.05) is 13.6 Å². The number of aryl methyl sites for hydroxylation is 1. The number of fused-ring (bicyclic) bond motifs is 1. The zero-order chi connectivity index (χ0) is 13.8. The van der Waals surface area contributed by atoms with Gasteiger partial charge in [0.25, 0.3) is 0 Å². The standard InChI is InChI=1S/C14H20N2O3/c1-16(14(18)12(15)9-17)8-10-4-5-13-11(7-10)3-2-6-19-13/h4-5,7,12,17H,2-3,6,8-9,15H2,1H3. The number of aliphatic hydroxyl groups excluding tert-OH is 1. The van der Waals surface area contributed by atoms with Gasteiger partial charge in [0.2, 0.25) is 5.91 Å². The molecule has 0 radical (unpaired) electrons. The third-order valence-corrected chi connectivity index (χ3v) is 3.28. The Balaban J connectivity index is 2.05. The average molecular weight is 264 g/mol. The quantitative estimate of drug-likeness (QED) is 0.819. The molecule has 2 rings (SSSR count). The normalized spacial score (nSPS) is 15.3.